The SMILES string of the molecule is Cn1nc(-c2ccccc2C(F)(F)F)nc1-c1ccccc1F. The number of halogens is 4. The molecule has 3 aromatic rings. The summed E-state index contributed by atoms with van der Waals surface area (Å²) in [6, 6.07) is 10.9. The molecule has 0 aliphatic heterocycles. The second-order valence-corrected chi connectivity index (χ2v) is 4.91. The molecule has 0 fully saturated rings. The molecule has 0 N–H and O–H groups in total. The van der Waals surface area contributed by atoms with Crippen molar-refractivity contribution in [3.05, 3.63) is 59.9 Å². The summed E-state index contributed by atoms with van der Waals surface area (Å²) in [6.45, 7) is 0. The van der Waals surface area contributed by atoms with Crippen molar-refractivity contribution in [2.45, 2.75) is 6.18 Å². The van der Waals surface area contributed by atoms with Crippen LogP contribution in [-0.4, -0.2) is 14.8 Å². The van der Waals surface area contributed by atoms with E-state index in [1.807, 2.05) is 0 Å². The van der Waals surface area contributed by atoms with E-state index in [-0.39, 0.29) is 22.8 Å². The Labute approximate surface area is 129 Å². The fourth-order valence-corrected chi connectivity index (χ4v) is 2.30. The number of nitrogens with zero attached hydrogens (tertiary/aromatic N) is 3. The van der Waals surface area contributed by atoms with Gasteiger partial charge in [0.15, 0.2) is 11.6 Å². The van der Waals surface area contributed by atoms with Crippen LogP contribution in [-0.2, 0) is 13.2 Å². The number of hydrogen-bond donors (Lipinski definition) is 0. The van der Waals surface area contributed by atoms with Gasteiger partial charge in [-0.25, -0.2) is 14.1 Å². The fraction of sp³-hybridized carbons (Fsp3) is 0.125. The lowest BCUT2D eigenvalue weighted by Crippen LogP contribution is -2.07. The number of benzene rings is 2. The van der Waals surface area contributed by atoms with E-state index in [2.05, 4.69) is 10.1 Å². The number of alkyl halides is 3. The highest BCUT2D eigenvalue weighted by Crippen LogP contribution is 2.36. The Hall–Kier alpha value is -2.70. The summed E-state index contributed by atoms with van der Waals surface area (Å²) < 4.78 is 54.5. The van der Waals surface area contributed by atoms with Gasteiger partial charge in [-0.2, -0.15) is 18.3 Å². The van der Waals surface area contributed by atoms with Crippen LogP contribution in [0.15, 0.2) is 48.5 Å². The molecule has 0 aliphatic carbocycles. The van der Waals surface area contributed by atoms with E-state index in [0.717, 1.165) is 6.07 Å². The molecule has 0 spiro atoms. The normalized spacial score (nSPS) is 11.7. The molecule has 1 aromatic heterocycles. The van der Waals surface area contributed by atoms with Gasteiger partial charge < -0.3 is 0 Å². The third kappa shape index (κ3) is 2.81. The Balaban J connectivity index is 2.15. The maximum atomic E-state index is 13.9. The van der Waals surface area contributed by atoms with Crippen molar-refractivity contribution in [2.24, 2.45) is 7.05 Å². The molecule has 0 amide bonds. The second-order valence-electron chi connectivity index (χ2n) is 4.91. The number of aryl methyl sites for hydroxylation is 1. The Morgan fingerprint density at radius 3 is 2.17 bits per heavy atom. The molecular weight excluding hydrogens is 310 g/mol. The molecule has 0 unspecified atom stereocenters. The van der Waals surface area contributed by atoms with E-state index >= 15 is 0 Å². The molecule has 3 rings (SSSR count). The molecule has 118 valence electrons. The average molecular weight is 321 g/mol. The summed E-state index contributed by atoms with van der Waals surface area (Å²) >= 11 is 0. The maximum absolute atomic E-state index is 13.9. The van der Waals surface area contributed by atoms with Gasteiger partial charge in [-0.1, -0.05) is 30.3 Å². The number of rotatable bonds is 2. The van der Waals surface area contributed by atoms with Crippen LogP contribution in [0.25, 0.3) is 22.8 Å². The fourth-order valence-electron chi connectivity index (χ4n) is 2.30. The molecule has 0 radical (unpaired) electrons. The quantitative estimate of drug-likeness (QED) is 0.659. The highest BCUT2D eigenvalue weighted by Gasteiger charge is 2.34. The van der Waals surface area contributed by atoms with Gasteiger partial charge in [-0.15, -0.1) is 0 Å². The maximum Gasteiger partial charge on any atom is 0.417 e. The van der Waals surface area contributed by atoms with Crippen LogP contribution in [0.5, 0.6) is 0 Å². The minimum atomic E-state index is -4.52. The molecule has 1 heterocycles. The van der Waals surface area contributed by atoms with Crippen LogP contribution >= 0.6 is 0 Å². The van der Waals surface area contributed by atoms with Crippen molar-refractivity contribution in [1.29, 1.82) is 0 Å². The van der Waals surface area contributed by atoms with Gasteiger partial charge in [0.1, 0.15) is 5.82 Å². The molecule has 0 saturated carbocycles. The third-order valence-electron chi connectivity index (χ3n) is 3.35. The van der Waals surface area contributed by atoms with Crippen molar-refractivity contribution < 1.29 is 17.6 Å². The lowest BCUT2D eigenvalue weighted by molar-refractivity contribution is -0.137. The molecule has 7 heteroatoms. The number of hydrogen-bond acceptors (Lipinski definition) is 2. The average Bonchev–Trinajstić information content (AvgIpc) is 2.89. The van der Waals surface area contributed by atoms with Crippen LogP contribution in [0.2, 0.25) is 0 Å². The van der Waals surface area contributed by atoms with Gasteiger partial charge in [-0.05, 0) is 18.2 Å². The molecule has 3 nitrogen and oxygen atoms in total. The van der Waals surface area contributed by atoms with Crippen LogP contribution in [0.3, 0.4) is 0 Å². The monoisotopic (exact) mass is 321 g/mol. The second kappa shape index (κ2) is 5.49. The van der Waals surface area contributed by atoms with Gasteiger partial charge in [0.05, 0.1) is 11.1 Å². The molecule has 0 bridgehead atoms. The first-order valence-corrected chi connectivity index (χ1v) is 6.70. The van der Waals surface area contributed by atoms with Crippen molar-refractivity contribution in [3.8, 4) is 22.8 Å². The van der Waals surface area contributed by atoms with E-state index < -0.39 is 17.6 Å². The lowest BCUT2D eigenvalue weighted by Gasteiger charge is -2.09. The van der Waals surface area contributed by atoms with E-state index in [0.29, 0.717) is 0 Å². The zero-order chi connectivity index (χ0) is 16.6. The minimum Gasteiger partial charge on any atom is -0.248 e. The Morgan fingerprint density at radius 2 is 1.52 bits per heavy atom. The largest absolute Gasteiger partial charge is 0.417 e. The summed E-state index contributed by atoms with van der Waals surface area (Å²) in [6.07, 6.45) is -4.52. The smallest absolute Gasteiger partial charge is 0.248 e. The Bertz CT molecular complexity index is 853. The predicted molar refractivity (Wildman–Crippen MR) is 76.8 cm³/mol. The van der Waals surface area contributed by atoms with Gasteiger partial charge in [0.2, 0.25) is 0 Å². The molecule has 2 aromatic carbocycles. The van der Waals surface area contributed by atoms with E-state index in [4.69, 9.17) is 0 Å². The van der Waals surface area contributed by atoms with Crippen LogP contribution in [0.4, 0.5) is 17.6 Å². The predicted octanol–water partition coefficient (Wildman–Crippen LogP) is 4.31. The molecule has 0 atom stereocenters. The van der Waals surface area contributed by atoms with Crippen LogP contribution in [0, 0.1) is 5.82 Å². The van der Waals surface area contributed by atoms with Crippen molar-refractivity contribution >= 4 is 0 Å². The van der Waals surface area contributed by atoms with Gasteiger partial charge in [0, 0.05) is 12.6 Å². The highest BCUT2D eigenvalue weighted by molar-refractivity contribution is 5.65. The molecule has 0 saturated heterocycles. The van der Waals surface area contributed by atoms with Crippen molar-refractivity contribution in [2.75, 3.05) is 0 Å². The third-order valence-corrected chi connectivity index (χ3v) is 3.35. The number of aromatic nitrogens is 3. The zero-order valence-electron chi connectivity index (χ0n) is 12.0. The standard InChI is InChI=1S/C16H11F4N3/c1-23-15(11-7-3-5-9-13(11)17)21-14(22-23)10-6-2-4-8-12(10)16(18,19)20/h2-9H,1H3. The van der Waals surface area contributed by atoms with Crippen LogP contribution < -0.4 is 0 Å². The van der Waals surface area contributed by atoms with Crippen molar-refractivity contribution in [1.82, 2.24) is 14.8 Å². The molecular formula is C16H11F4N3. The first kappa shape index (κ1) is 15.2. The minimum absolute atomic E-state index is 0.0984. The molecule has 0 aliphatic rings. The van der Waals surface area contributed by atoms with Crippen LogP contribution in [0.1, 0.15) is 5.56 Å². The molecule has 23 heavy (non-hydrogen) atoms. The summed E-state index contributed by atoms with van der Waals surface area (Å²) in [5, 5.41) is 4.01. The summed E-state index contributed by atoms with van der Waals surface area (Å²) in [7, 11) is 1.51. The van der Waals surface area contributed by atoms with E-state index in [1.54, 1.807) is 6.07 Å². The topological polar surface area (TPSA) is 30.7 Å². The van der Waals surface area contributed by atoms with Gasteiger partial charge in [-0.3, -0.25) is 0 Å². The van der Waals surface area contributed by atoms with E-state index in [9.17, 15) is 17.6 Å². The van der Waals surface area contributed by atoms with Gasteiger partial charge in [0.25, 0.3) is 0 Å². The van der Waals surface area contributed by atoms with Gasteiger partial charge >= 0.3 is 6.18 Å². The van der Waals surface area contributed by atoms with E-state index in [1.165, 1.54) is 48.1 Å². The first-order chi connectivity index (χ1) is 10.9. The first-order valence-electron chi connectivity index (χ1n) is 6.70. The summed E-state index contributed by atoms with van der Waals surface area (Å²) in [4.78, 5) is 4.10. The van der Waals surface area contributed by atoms with Crippen molar-refractivity contribution in [3.63, 3.8) is 0 Å². The summed E-state index contributed by atoms with van der Waals surface area (Å²) in [5.74, 6) is -0.451. The Morgan fingerprint density at radius 1 is 0.913 bits per heavy atom. The Kier molecular flexibility index (Phi) is 3.63. The zero-order valence-corrected chi connectivity index (χ0v) is 12.0. The highest BCUT2D eigenvalue weighted by atomic mass is 19.4. The summed E-state index contributed by atoms with van der Waals surface area (Å²) in [5.41, 5.74) is -0.790. The lowest BCUT2D eigenvalue weighted by atomic mass is 10.1.